The highest BCUT2D eigenvalue weighted by molar-refractivity contribution is 6.34. The second-order valence-electron chi connectivity index (χ2n) is 11.6. The Morgan fingerprint density at radius 3 is 2.63 bits per heavy atom. The van der Waals surface area contributed by atoms with E-state index in [0.717, 1.165) is 31.7 Å². The molecule has 1 aromatic heterocycles. The van der Waals surface area contributed by atoms with Crippen LogP contribution in [-0.2, 0) is 10.2 Å². The first-order chi connectivity index (χ1) is 20.5. The first-order valence-corrected chi connectivity index (χ1v) is 14.8. The third-order valence-electron chi connectivity index (χ3n) is 8.38. The monoisotopic (exact) mass is 627 g/mol. The third-order valence-corrected chi connectivity index (χ3v) is 9.06. The molecule has 12 heteroatoms. The number of halogens is 4. The summed E-state index contributed by atoms with van der Waals surface area (Å²) in [5.74, 6) is -3.13. The molecule has 1 aliphatic heterocycles. The maximum atomic E-state index is 14.5. The number of nitrogens with two attached hydrogens (primary N) is 2. The second kappa shape index (κ2) is 11.1. The largest absolute Gasteiger partial charge is 0.489 e. The summed E-state index contributed by atoms with van der Waals surface area (Å²) in [4.78, 5) is 35.2. The van der Waals surface area contributed by atoms with Crippen molar-refractivity contribution in [1.82, 2.24) is 10.3 Å². The molecule has 2 aromatic carbocycles. The molecule has 3 aromatic rings. The number of rotatable bonds is 9. The number of carbonyl (C=O) groups is 2. The lowest BCUT2D eigenvalue weighted by Crippen LogP contribution is -2.40. The van der Waals surface area contributed by atoms with E-state index in [4.69, 9.17) is 44.4 Å². The van der Waals surface area contributed by atoms with Gasteiger partial charge in [-0.25, -0.2) is 13.8 Å². The minimum atomic E-state index is -1.22. The standard InChI is InChI=1S/C31H29Cl2F2N5O3/c1-31(30(37)42)13-43-28-20(31)10-23(40-27(28)18-6-7-22(34)25(35)24(18)33)19(14-2-3-14)12-39-29(41)15-8-16(11-38-17-4-5-17)26(36)21(32)9-15/h6-11,14,17,19H,2-5,12-13,36H2,1H3,(H2,37,42)(H,39,41)/t19-,31-/m0/s1. The summed E-state index contributed by atoms with van der Waals surface area (Å²) in [7, 11) is 0. The van der Waals surface area contributed by atoms with Crippen molar-refractivity contribution in [2.45, 2.75) is 50.0 Å². The van der Waals surface area contributed by atoms with Gasteiger partial charge in [0.2, 0.25) is 5.91 Å². The summed E-state index contributed by atoms with van der Waals surface area (Å²) in [6, 6.07) is 7.48. The zero-order valence-corrected chi connectivity index (χ0v) is 24.7. The van der Waals surface area contributed by atoms with E-state index in [1.165, 1.54) is 12.1 Å². The van der Waals surface area contributed by atoms with E-state index in [2.05, 4.69) is 10.3 Å². The Bertz CT molecular complexity index is 1690. The van der Waals surface area contributed by atoms with Crippen LogP contribution in [0.25, 0.3) is 11.3 Å². The molecule has 8 nitrogen and oxygen atoms in total. The SMILES string of the molecule is C[C@]1(C(N)=O)COc2c1cc([C@@H](CNC(=O)c1cc(Cl)c(N)c(C=NC3CC3)c1)C1CC1)nc2-c1ccc(F)c(F)c1Cl. The van der Waals surface area contributed by atoms with E-state index in [0.29, 0.717) is 28.1 Å². The molecular formula is C31H29Cl2F2N5O3. The number of pyridine rings is 1. The van der Waals surface area contributed by atoms with Crippen molar-refractivity contribution in [2.24, 2.45) is 16.6 Å². The van der Waals surface area contributed by atoms with Gasteiger partial charge in [-0.3, -0.25) is 14.6 Å². The van der Waals surface area contributed by atoms with Crippen LogP contribution in [0.15, 0.2) is 35.3 Å². The zero-order chi connectivity index (χ0) is 30.6. The number of carbonyl (C=O) groups excluding carboxylic acids is 2. The Labute approximate surface area is 256 Å². The number of hydrogen-bond donors (Lipinski definition) is 3. The number of ether oxygens (including phenoxy) is 1. The van der Waals surface area contributed by atoms with Crippen molar-refractivity contribution in [3.05, 3.63) is 74.4 Å². The fourth-order valence-corrected chi connectivity index (χ4v) is 5.76. The normalized spacial score (nSPS) is 20.1. The number of hydrogen-bond acceptors (Lipinski definition) is 6. The first-order valence-electron chi connectivity index (χ1n) is 14.0. The molecule has 0 unspecified atom stereocenters. The molecule has 2 saturated carbocycles. The van der Waals surface area contributed by atoms with Crippen LogP contribution in [0.1, 0.15) is 65.7 Å². The van der Waals surface area contributed by atoms with Gasteiger partial charge >= 0.3 is 0 Å². The van der Waals surface area contributed by atoms with Gasteiger partial charge in [0, 0.05) is 46.6 Å². The van der Waals surface area contributed by atoms with Gasteiger partial charge in [0.25, 0.3) is 5.91 Å². The van der Waals surface area contributed by atoms with E-state index in [9.17, 15) is 18.4 Å². The number of amides is 2. The molecule has 0 saturated heterocycles. The van der Waals surface area contributed by atoms with Crippen LogP contribution in [0.5, 0.6) is 5.75 Å². The summed E-state index contributed by atoms with van der Waals surface area (Å²) in [5.41, 5.74) is 13.3. The third kappa shape index (κ3) is 5.54. The number of nitrogen functional groups attached to an aromatic ring is 1. The van der Waals surface area contributed by atoms with E-state index in [1.54, 1.807) is 25.3 Å². The molecule has 2 aliphatic carbocycles. The molecule has 5 N–H and O–H groups in total. The fraction of sp³-hybridized carbons (Fsp3) is 0.355. The molecule has 43 heavy (non-hydrogen) atoms. The predicted molar refractivity (Wildman–Crippen MR) is 161 cm³/mol. The molecular weight excluding hydrogens is 599 g/mol. The summed E-state index contributed by atoms with van der Waals surface area (Å²) in [6.45, 7) is 1.82. The Kier molecular flexibility index (Phi) is 7.54. The van der Waals surface area contributed by atoms with Crippen LogP contribution in [0.2, 0.25) is 10.0 Å². The van der Waals surface area contributed by atoms with E-state index >= 15 is 0 Å². The van der Waals surface area contributed by atoms with Crippen LogP contribution < -0.4 is 21.5 Å². The van der Waals surface area contributed by atoms with E-state index < -0.39 is 28.0 Å². The van der Waals surface area contributed by atoms with Crippen LogP contribution in [0.4, 0.5) is 14.5 Å². The quantitative estimate of drug-likeness (QED) is 0.162. The van der Waals surface area contributed by atoms with E-state index in [-0.39, 0.29) is 59.0 Å². The van der Waals surface area contributed by atoms with Crippen LogP contribution in [-0.4, -0.2) is 42.2 Å². The topological polar surface area (TPSA) is 133 Å². The first kappa shape index (κ1) is 29.3. The molecule has 6 rings (SSSR count). The van der Waals surface area contributed by atoms with Crippen molar-refractivity contribution in [3.63, 3.8) is 0 Å². The lowest BCUT2D eigenvalue weighted by molar-refractivity contribution is -0.123. The second-order valence-corrected chi connectivity index (χ2v) is 12.4. The number of aliphatic imine (C=N–C) groups is 1. The zero-order valence-electron chi connectivity index (χ0n) is 23.2. The van der Waals surface area contributed by atoms with Crippen molar-refractivity contribution < 1.29 is 23.1 Å². The fourth-order valence-electron chi connectivity index (χ4n) is 5.29. The number of aromatic nitrogens is 1. The Hall–Kier alpha value is -3.76. The molecule has 2 fully saturated rings. The summed E-state index contributed by atoms with van der Waals surface area (Å²) >= 11 is 12.6. The molecule has 2 heterocycles. The minimum Gasteiger partial charge on any atom is -0.489 e. The van der Waals surface area contributed by atoms with Crippen molar-refractivity contribution in [1.29, 1.82) is 0 Å². The minimum absolute atomic E-state index is 0.0494. The maximum Gasteiger partial charge on any atom is 0.251 e. The predicted octanol–water partition coefficient (Wildman–Crippen LogP) is 5.56. The average Bonchev–Trinajstić information content (AvgIpc) is 3.92. The Morgan fingerprint density at radius 1 is 1.21 bits per heavy atom. The Balaban J connectivity index is 1.35. The lowest BCUT2D eigenvalue weighted by Gasteiger charge is -2.22. The highest BCUT2D eigenvalue weighted by Crippen LogP contribution is 2.49. The molecule has 3 aliphatic rings. The molecule has 2 amide bonds. The average molecular weight is 629 g/mol. The number of anilines is 1. The highest BCUT2D eigenvalue weighted by atomic mass is 35.5. The van der Waals surface area contributed by atoms with Gasteiger partial charge in [-0.1, -0.05) is 23.2 Å². The Morgan fingerprint density at radius 2 is 1.95 bits per heavy atom. The van der Waals surface area contributed by atoms with Crippen LogP contribution in [0, 0.1) is 17.6 Å². The van der Waals surface area contributed by atoms with Gasteiger partial charge in [-0.2, -0.15) is 0 Å². The lowest BCUT2D eigenvalue weighted by atomic mass is 9.82. The number of primary amides is 1. The number of nitrogens with one attached hydrogen (secondary N) is 1. The molecule has 224 valence electrons. The molecule has 2 atom stereocenters. The van der Waals surface area contributed by atoms with Crippen molar-refractivity contribution in [2.75, 3.05) is 18.9 Å². The number of benzene rings is 2. The molecule has 0 bridgehead atoms. The van der Waals surface area contributed by atoms with Crippen molar-refractivity contribution in [3.8, 4) is 17.0 Å². The van der Waals surface area contributed by atoms with Gasteiger partial charge in [0.1, 0.15) is 23.5 Å². The number of nitrogens with zero attached hydrogens (tertiary/aromatic N) is 2. The van der Waals surface area contributed by atoms with Gasteiger partial charge in [0.15, 0.2) is 11.6 Å². The van der Waals surface area contributed by atoms with E-state index in [1.807, 2.05) is 0 Å². The highest BCUT2D eigenvalue weighted by Gasteiger charge is 2.45. The van der Waals surface area contributed by atoms with Crippen LogP contribution in [0.3, 0.4) is 0 Å². The maximum absolute atomic E-state index is 14.5. The van der Waals surface area contributed by atoms with Gasteiger partial charge < -0.3 is 21.5 Å². The van der Waals surface area contributed by atoms with Crippen molar-refractivity contribution >= 4 is 46.9 Å². The summed E-state index contributed by atoms with van der Waals surface area (Å²) in [5, 5.41) is 2.78. The molecule has 0 radical (unpaired) electrons. The summed E-state index contributed by atoms with van der Waals surface area (Å²) in [6.07, 6.45) is 5.51. The van der Waals surface area contributed by atoms with Gasteiger partial charge in [-0.05, 0) is 68.9 Å². The van der Waals surface area contributed by atoms with Gasteiger partial charge in [-0.15, -0.1) is 0 Å². The molecule has 0 spiro atoms. The van der Waals surface area contributed by atoms with Gasteiger partial charge in [0.05, 0.1) is 21.8 Å². The number of fused-ring (bicyclic) bond motifs is 1. The smallest absolute Gasteiger partial charge is 0.251 e. The van der Waals surface area contributed by atoms with Crippen LogP contribution >= 0.6 is 23.2 Å². The summed E-state index contributed by atoms with van der Waals surface area (Å²) < 4.78 is 34.3.